The molecule has 1 aromatic rings. The van der Waals surface area contributed by atoms with E-state index in [1.165, 1.54) is 12.2 Å². The summed E-state index contributed by atoms with van der Waals surface area (Å²) in [5.41, 5.74) is 3.39. The molecule has 154 valence electrons. The highest BCUT2D eigenvalue weighted by Gasteiger charge is 2.36. The summed E-state index contributed by atoms with van der Waals surface area (Å²) >= 11 is 0. The van der Waals surface area contributed by atoms with Gasteiger partial charge in [0.25, 0.3) is 0 Å². The van der Waals surface area contributed by atoms with Crippen molar-refractivity contribution in [3.05, 3.63) is 63.5 Å². The van der Waals surface area contributed by atoms with Gasteiger partial charge in [-0.05, 0) is 76.0 Å². The number of phenolic OH excluding ortho intramolecular Hbond substituents is 1. The Morgan fingerprint density at radius 1 is 1.00 bits per heavy atom. The molecule has 0 saturated carbocycles. The molecule has 2 N–H and O–H groups in total. The van der Waals surface area contributed by atoms with Gasteiger partial charge in [-0.3, -0.25) is 9.59 Å². The third-order valence-electron chi connectivity index (χ3n) is 5.41. The lowest BCUT2D eigenvalue weighted by Gasteiger charge is -2.14. The minimum absolute atomic E-state index is 0.164. The fourth-order valence-electron chi connectivity index (χ4n) is 3.95. The van der Waals surface area contributed by atoms with Crippen molar-refractivity contribution in [3.8, 4) is 5.75 Å². The SMILES string of the molecule is CNCCC1=c2c(O)cccc2=NC1=C1N=C2C(=O)C=CC(=O)C2=C1CCN(C)C. The summed E-state index contributed by atoms with van der Waals surface area (Å²) < 4.78 is 0. The number of nitrogens with zero attached hydrogens (tertiary/aromatic N) is 3. The summed E-state index contributed by atoms with van der Waals surface area (Å²) in [4.78, 5) is 36.5. The first-order chi connectivity index (χ1) is 14.4. The molecule has 7 nitrogen and oxygen atoms in total. The molecule has 7 heteroatoms. The third-order valence-corrected chi connectivity index (χ3v) is 5.41. The molecule has 30 heavy (non-hydrogen) atoms. The van der Waals surface area contributed by atoms with Crippen LogP contribution >= 0.6 is 0 Å². The van der Waals surface area contributed by atoms with Gasteiger partial charge in [0.15, 0.2) is 5.78 Å². The molecule has 0 spiro atoms. The smallest absolute Gasteiger partial charge is 0.205 e. The Balaban J connectivity index is 1.98. The van der Waals surface area contributed by atoms with Crippen LogP contribution in [0.3, 0.4) is 0 Å². The maximum Gasteiger partial charge on any atom is 0.205 e. The number of allylic oxidation sites excluding steroid dienone is 5. The largest absolute Gasteiger partial charge is 0.507 e. The van der Waals surface area contributed by atoms with Crippen LogP contribution in [0.1, 0.15) is 12.8 Å². The zero-order chi connectivity index (χ0) is 21.4. The number of ketones is 2. The number of aromatic hydroxyl groups is 1. The average molecular weight is 404 g/mol. The van der Waals surface area contributed by atoms with Crippen molar-refractivity contribution in [2.45, 2.75) is 12.8 Å². The monoisotopic (exact) mass is 404 g/mol. The van der Waals surface area contributed by atoms with Crippen molar-refractivity contribution in [1.29, 1.82) is 0 Å². The number of phenols is 1. The first kappa shape index (κ1) is 20.1. The average Bonchev–Trinajstić information content (AvgIpc) is 3.27. The molecule has 0 amide bonds. The fraction of sp³-hybridized carbons (Fsp3) is 0.304. The number of aliphatic imine (C=N–C) groups is 1. The van der Waals surface area contributed by atoms with Crippen LogP contribution < -0.4 is 15.9 Å². The predicted octanol–water partition coefficient (Wildman–Crippen LogP) is 0.408. The summed E-state index contributed by atoms with van der Waals surface area (Å²) in [6, 6.07) is 5.25. The van der Waals surface area contributed by atoms with E-state index >= 15 is 0 Å². The van der Waals surface area contributed by atoms with E-state index in [-0.39, 0.29) is 23.0 Å². The lowest BCUT2D eigenvalue weighted by molar-refractivity contribution is -0.113. The zero-order valence-corrected chi connectivity index (χ0v) is 17.3. The number of carbonyl (C=O) groups is 2. The van der Waals surface area contributed by atoms with E-state index in [1.807, 2.05) is 32.1 Å². The van der Waals surface area contributed by atoms with Crippen molar-refractivity contribution in [3.63, 3.8) is 0 Å². The standard InChI is InChI=1S/C23H24N4O3/c1-24-11-9-13-19-15(5-4-6-16(19)28)25-21(13)22-14(10-12-27(2)3)20-17(29)7-8-18(30)23(20)26-22/h4-8,24,28H,9-12H2,1-3H3. The number of hydrogen-bond acceptors (Lipinski definition) is 7. The second-order valence-corrected chi connectivity index (χ2v) is 7.74. The van der Waals surface area contributed by atoms with Gasteiger partial charge in [-0.25, -0.2) is 9.98 Å². The molecule has 1 aromatic carbocycles. The molecule has 0 aromatic heterocycles. The second kappa shape index (κ2) is 7.93. The van der Waals surface area contributed by atoms with Crippen molar-refractivity contribution in [1.82, 2.24) is 10.2 Å². The fourth-order valence-corrected chi connectivity index (χ4v) is 3.95. The van der Waals surface area contributed by atoms with Crippen LogP contribution in [0.4, 0.5) is 0 Å². The topological polar surface area (TPSA) is 94.4 Å². The molecule has 0 bridgehead atoms. The van der Waals surface area contributed by atoms with Gasteiger partial charge < -0.3 is 15.3 Å². The van der Waals surface area contributed by atoms with Crippen molar-refractivity contribution in [2.24, 2.45) is 9.98 Å². The molecule has 4 rings (SSSR count). The molecule has 0 atom stereocenters. The highest BCUT2D eigenvalue weighted by atomic mass is 16.3. The number of rotatable bonds is 6. The van der Waals surface area contributed by atoms with Gasteiger partial charge in [-0.15, -0.1) is 0 Å². The molecular weight excluding hydrogens is 380 g/mol. The van der Waals surface area contributed by atoms with Crippen molar-refractivity contribution < 1.29 is 14.7 Å². The minimum atomic E-state index is -0.266. The van der Waals surface area contributed by atoms with Gasteiger partial charge in [0.2, 0.25) is 5.78 Å². The van der Waals surface area contributed by atoms with E-state index in [2.05, 4.69) is 10.3 Å². The van der Waals surface area contributed by atoms with E-state index in [9.17, 15) is 14.7 Å². The Labute approximate surface area is 174 Å². The van der Waals surface area contributed by atoms with E-state index < -0.39 is 0 Å². The van der Waals surface area contributed by atoms with Crippen LogP contribution in [0.5, 0.6) is 5.75 Å². The number of fused-ring (bicyclic) bond motifs is 2. The first-order valence-corrected chi connectivity index (χ1v) is 9.95. The van der Waals surface area contributed by atoms with Crippen molar-refractivity contribution in [2.75, 3.05) is 34.2 Å². The van der Waals surface area contributed by atoms with Crippen LogP contribution in [-0.4, -0.2) is 61.5 Å². The number of hydrogen-bond donors (Lipinski definition) is 2. The normalized spacial score (nSPS) is 20.1. The summed E-state index contributed by atoms with van der Waals surface area (Å²) in [7, 11) is 5.78. The molecule has 0 fully saturated rings. The molecule has 2 aliphatic heterocycles. The first-order valence-electron chi connectivity index (χ1n) is 9.95. The Hall–Kier alpha value is -3.16. The van der Waals surface area contributed by atoms with E-state index in [0.717, 1.165) is 11.1 Å². The maximum absolute atomic E-state index is 12.7. The Morgan fingerprint density at radius 3 is 2.47 bits per heavy atom. The van der Waals surface area contributed by atoms with E-state index in [4.69, 9.17) is 4.99 Å². The van der Waals surface area contributed by atoms with Crippen LogP contribution in [0.15, 0.2) is 62.9 Å². The van der Waals surface area contributed by atoms with Crippen LogP contribution in [-0.2, 0) is 9.59 Å². The van der Waals surface area contributed by atoms with Crippen LogP contribution in [0.25, 0.3) is 5.57 Å². The summed E-state index contributed by atoms with van der Waals surface area (Å²) in [5.74, 6) is -0.303. The Bertz CT molecular complexity index is 1200. The number of benzene rings is 1. The summed E-state index contributed by atoms with van der Waals surface area (Å²) in [6.45, 7) is 1.39. The Morgan fingerprint density at radius 2 is 1.73 bits per heavy atom. The molecule has 3 aliphatic rings. The third kappa shape index (κ3) is 3.36. The van der Waals surface area contributed by atoms with Gasteiger partial charge in [0.05, 0.1) is 22.3 Å². The molecule has 1 aliphatic carbocycles. The lowest BCUT2D eigenvalue weighted by atomic mass is 9.91. The summed E-state index contributed by atoms with van der Waals surface area (Å²) in [6.07, 6.45) is 3.79. The molecule has 2 heterocycles. The van der Waals surface area contributed by atoms with Crippen LogP contribution in [0, 0.1) is 0 Å². The highest BCUT2D eigenvalue weighted by Crippen LogP contribution is 2.37. The van der Waals surface area contributed by atoms with Crippen molar-refractivity contribution >= 4 is 22.9 Å². The lowest BCUT2D eigenvalue weighted by Crippen LogP contribution is -2.24. The minimum Gasteiger partial charge on any atom is -0.507 e. The maximum atomic E-state index is 12.7. The van der Waals surface area contributed by atoms with Gasteiger partial charge in [-0.2, -0.15) is 0 Å². The van der Waals surface area contributed by atoms with Gasteiger partial charge >= 0.3 is 0 Å². The van der Waals surface area contributed by atoms with Gasteiger partial charge in [0, 0.05) is 11.8 Å². The van der Waals surface area contributed by atoms with E-state index in [1.54, 1.807) is 12.1 Å². The second-order valence-electron chi connectivity index (χ2n) is 7.74. The van der Waals surface area contributed by atoms with Gasteiger partial charge in [-0.1, -0.05) is 6.07 Å². The highest BCUT2D eigenvalue weighted by molar-refractivity contribution is 6.59. The van der Waals surface area contributed by atoms with E-state index in [0.29, 0.717) is 53.5 Å². The number of nitrogens with one attached hydrogen (secondary N) is 1. The zero-order valence-electron chi connectivity index (χ0n) is 17.3. The molecule has 0 unspecified atom stereocenters. The quantitative estimate of drug-likeness (QED) is 0.716. The van der Waals surface area contributed by atoms with Crippen LogP contribution in [0.2, 0.25) is 0 Å². The molecule has 0 radical (unpaired) electrons. The molecular formula is C23H24N4O3. The van der Waals surface area contributed by atoms with Gasteiger partial charge in [0.1, 0.15) is 11.5 Å². The Kier molecular flexibility index (Phi) is 5.32. The predicted molar refractivity (Wildman–Crippen MR) is 115 cm³/mol. The summed E-state index contributed by atoms with van der Waals surface area (Å²) in [5, 5.41) is 15.0. The number of carbonyl (C=O) groups excluding carboxylic acids is 2. The molecule has 0 saturated heterocycles.